The molecule has 12 heteroatoms. The summed E-state index contributed by atoms with van der Waals surface area (Å²) in [6.45, 7) is 5.94. The van der Waals surface area contributed by atoms with Crippen molar-refractivity contribution in [3.8, 4) is 0 Å². The summed E-state index contributed by atoms with van der Waals surface area (Å²) in [6, 6.07) is 6.83. The highest BCUT2D eigenvalue weighted by atomic mass is 35.5. The first kappa shape index (κ1) is 28.5. The number of amides is 1. The third-order valence-corrected chi connectivity index (χ3v) is 7.84. The summed E-state index contributed by atoms with van der Waals surface area (Å²) in [5, 5.41) is 3.89. The Labute approximate surface area is 235 Å². The molecule has 0 bridgehead atoms. The quantitative estimate of drug-likeness (QED) is 0.428. The van der Waals surface area contributed by atoms with Crippen molar-refractivity contribution >= 4 is 34.2 Å². The minimum Gasteiger partial charge on any atom is -0.377 e. The minimum atomic E-state index is -4.62. The summed E-state index contributed by atoms with van der Waals surface area (Å²) in [6.07, 6.45) is 1.90. The van der Waals surface area contributed by atoms with E-state index < -0.39 is 12.0 Å². The lowest BCUT2D eigenvalue weighted by molar-refractivity contribution is -0.145. The van der Waals surface area contributed by atoms with Crippen LogP contribution in [0.1, 0.15) is 60.4 Å². The number of carbonyl (C=O) groups is 1. The highest BCUT2D eigenvalue weighted by molar-refractivity contribution is 6.35. The number of rotatable bonds is 6. The van der Waals surface area contributed by atoms with Gasteiger partial charge in [-0.1, -0.05) is 18.0 Å². The second-order valence-corrected chi connectivity index (χ2v) is 10.7. The Bertz CT molecular complexity index is 1330. The topological polar surface area (TPSA) is 83.5 Å². The number of ether oxygens (including phenoxy) is 1. The average molecular weight is 577 g/mol. The monoisotopic (exact) mass is 576 g/mol. The fourth-order valence-corrected chi connectivity index (χ4v) is 5.57. The number of aromatic nitrogens is 3. The Morgan fingerprint density at radius 1 is 1.10 bits per heavy atom. The summed E-state index contributed by atoms with van der Waals surface area (Å²) in [5.74, 6) is -0.752. The van der Waals surface area contributed by atoms with Crippen molar-refractivity contribution in [2.45, 2.75) is 50.9 Å². The van der Waals surface area contributed by atoms with Gasteiger partial charge in [0.05, 0.1) is 34.9 Å². The highest BCUT2D eigenvalue weighted by Crippen LogP contribution is 2.30. The first-order valence-corrected chi connectivity index (χ1v) is 14.0. The fraction of sp³-hybridized carbons (Fsp3) is 0.500. The number of hydrogen-bond acceptors (Lipinski definition) is 7. The summed E-state index contributed by atoms with van der Waals surface area (Å²) >= 11 is 6.51. The molecule has 2 aliphatic rings. The Balaban J connectivity index is 1.37. The molecule has 4 heterocycles. The number of fused-ring (bicyclic) bond motifs is 1. The van der Waals surface area contributed by atoms with Gasteiger partial charge in [-0.15, -0.1) is 0 Å². The van der Waals surface area contributed by atoms with Crippen LogP contribution in [-0.4, -0.2) is 71.2 Å². The summed E-state index contributed by atoms with van der Waals surface area (Å²) < 4.78 is 44.8. The predicted octanol–water partition coefficient (Wildman–Crippen LogP) is 5.27. The van der Waals surface area contributed by atoms with Crippen molar-refractivity contribution in [2.24, 2.45) is 0 Å². The number of alkyl halides is 3. The van der Waals surface area contributed by atoms with Gasteiger partial charge in [0.15, 0.2) is 0 Å². The van der Waals surface area contributed by atoms with Crippen LogP contribution in [0.3, 0.4) is 0 Å². The zero-order valence-corrected chi connectivity index (χ0v) is 23.0. The molecule has 2 saturated heterocycles. The van der Waals surface area contributed by atoms with E-state index in [-0.39, 0.29) is 24.6 Å². The number of likely N-dealkylation sites (tertiary alicyclic amines) is 1. The van der Waals surface area contributed by atoms with Gasteiger partial charge in [-0.2, -0.15) is 13.2 Å². The Morgan fingerprint density at radius 3 is 2.58 bits per heavy atom. The Kier molecular flexibility index (Phi) is 8.72. The lowest BCUT2D eigenvalue weighted by Crippen LogP contribution is -2.41. The van der Waals surface area contributed by atoms with E-state index in [2.05, 4.69) is 32.0 Å². The number of anilines is 1. The highest BCUT2D eigenvalue weighted by Gasteiger charge is 2.35. The molecule has 1 N–H and O–H groups in total. The molecule has 0 spiro atoms. The fourth-order valence-electron chi connectivity index (χ4n) is 5.32. The maximum Gasteiger partial charge on any atom is 0.451 e. The van der Waals surface area contributed by atoms with Gasteiger partial charge < -0.3 is 15.0 Å². The van der Waals surface area contributed by atoms with Crippen LogP contribution in [-0.2, 0) is 10.9 Å². The Morgan fingerprint density at radius 2 is 1.85 bits per heavy atom. The number of nitrogens with zero attached hydrogens (tertiary/aromatic N) is 5. The van der Waals surface area contributed by atoms with Gasteiger partial charge >= 0.3 is 6.18 Å². The lowest BCUT2D eigenvalue weighted by atomic mass is 10.0. The smallest absolute Gasteiger partial charge is 0.377 e. The molecule has 0 radical (unpaired) electrons. The Hall–Kier alpha value is -3.02. The van der Waals surface area contributed by atoms with Gasteiger partial charge in [0.25, 0.3) is 5.91 Å². The number of halogens is 4. The minimum absolute atomic E-state index is 0.164. The van der Waals surface area contributed by atoms with E-state index in [4.69, 9.17) is 21.3 Å². The third kappa shape index (κ3) is 6.47. The van der Waals surface area contributed by atoms with E-state index in [1.54, 1.807) is 12.1 Å². The summed E-state index contributed by atoms with van der Waals surface area (Å²) in [4.78, 5) is 29.7. The molecular formula is C28H32ClF3N6O2. The molecule has 2 fully saturated rings. The third-order valence-electron chi connectivity index (χ3n) is 7.52. The maximum atomic E-state index is 13.5. The zero-order valence-electron chi connectivity index (χ0n) is 22.3. The molecule has 3 aromatic rings. The van der Waals surface area contributed by atoms with Crippen LogP contribution in [0, 0.1) is 0 Å². The molecule has 1 aromatic carbocycles. The number of carbonyl (C=O) groups excluding carboxylic acids is 1. The molecule has 1 amide bonds. The summed E-state index contributed by atoms with van der Waals surface area (Å²) in [7, 11) is 0. The molecule has 2 aliphatic heterocycles. The lowest BCUT2D eigenvalue weighted by Gasteiger charge is -2.34. The van der Waals surface area contributed by atoms with Crippen LogP contribution < -0.4 is 10.2 Å². The zero-order chi connectivity index (χ0) is 28.3. The molecule has 1 unspecified atom stereocenters. The molecular weight excluding hydrogens is 545 g/mol. The van der Waals surface area contributed by atoms with Crippen molar-refractivity contribution in [2.75, 3.05) is 44.2 Å². The second kappa shape index (κ2) is 12.2. The molecule has 0 saturated carbocycles. The van der Waals surface area contributed by atoms with E-state index >= 15 is 0 Å². The van der Waals surface area contributed by atoms with Crippen LogP contribution in [0.4, 0.5) is 19.0 Å². The van der Waals surface area contributed by atoms with Gasteiger partial charge in [0.1, 0.15) is 5.82 Å². The standard InChI is InChI=1S/C28H32ClF3N6O2/c1-18-9-12-38(13-14-40-18)24-8-5-20-22(36-24)7-6-21(29)25(20)26(39)33-17-23(37-10-3-2-4-11-37)19-15-34-27(35-16-19)28(30,31)32/h5-8,15-16,18,23H,2-4,9-14,17H2,1H3,(H,33,39)/t18-,23?/m1/s1. The molecule has 2 atom stereocenters. The number of nitrogens with one attached hydrogen (secondary N) is 1. The van der Waals surface area contributed by atoms with Crippen LogP contribution >= 0.6 is 11.6 Å². The van der Waals surface area contributed by atoms with E-state index in [1.807, 2.05) is 12.1 Å². The molecule has 40 heavy (non-hydrogen) atoms. The first-order valence-electron chi connectivity index (χ1n) is 13.6. The number of benzene rings is 1. The first-order chi connectivity index (χ1) is 19.2. The molecule has 214 valence electrons. The predicted molar refractivity (Wildman–Crippen MR) is 147 cm³/mol. The van der Waals surface area contributed by atoms with E-state index in [1.165, 1.54) is 12.4 Å². The molecule has 8 nitrogen and oxygen atoms in total. The van der Waals surface area contributed by atoms with E-state index in [0.29, 0.717) is 33.7 Å². The van der Waals surface area contributed by atoms with Crippen LogP contribution in [0.5, 0.6) is 0 Å². The van der Waals surface area contributed by atoms with Gasteiger partial charge in [-0.3, -0.25) is 9.69 Å². The molecule has 2 aromatic heterocycles. The number of piperidine rings is 1. The van der Waals surface area contributed by atoms with E-state index in [9.17, 15) is 18.0 Å². The normalized spacial score (nSPS) is 19.8. The maximum absolute atomic E-state index is 13.5. The summed E-state index contributed by atoms with van der Waals surface area (Å²) in [5.41, 5.74) is 1.47. The van der Waals surface area contributed by atoms with Crippen molar-refractivity contribution in [1.82, 2.24) is 25.2 Å². The van der Waals surface area contributed by atoms with Crippen molar-refractivity contribution in [3.63, 3.8) is 0 Å². The van der Waals surface area contributed by atoms with Gasteiger partial charge in [-0.25, -0.2) is 15.0 Å². The van der Waals surface area contributed by atoms with Gasteiger partial charge in [0, 0.05) is 43.0 Å². The largest absolute Gasteiger partial charge is 0.451 e. The number of pyridine rings is 1. The van der Waals surface area contributed by atoms with Crippen molar-refractivity contribution < 1.29 is 22.7 Å². The van der Waals surface area contributed by atoms with Crippen LogP contribution in [0.15, 0.2) is 36.7 Å². The second-order valence-electron chi connectivity index (χ2n) is 10.3. The van der Waals surface area contributed by atoms with Gasteiger partial charge in [-0.05, 0) is 63.5 Å². The SMILES string of the molecule is C[C@@H]1CCN(c2ccc3c(C(=O)NCC(c4cnc(C(F)(F)F)nc4)N4CCCCC4)c(Cl)ccc3n2)CCO1. The van der Waals surface area contributed by atoms with Crippen LogP contribution in [0.2, 0.25) is 5.02 Å². The van der Waals surface area contributed by atoms with Gasteiger partial charge in [0.2, 0.25) is 5.82 Å². The average Bonchev–Trinajstić information content (AvgIpc) is 3.17. The molecule has 5 rings (SSSR count). The van der Waals surface area contributed by atoms with E-state index in [0.717, 1.165) is 57.7 Å². The van der Waals surface area contributed by atoms with Crippen molar-refractivity contribution in [1.29, 1.82) is 0 Å². The number of hydrogen-bond donors (Lipinski definition) is 1. The van der Waals surface area contributed by atoms with Crippen LogP contribution in [0.25, 0.3) is 10.9 Å². The molecule has 0 aliphatic carbocycles. The van der Waals surface area contributed by atoms with Crippen molar-refractivity contribution in [3.05, 3.63) is 58.6 Å².